The molecule has 2 saturated heterocycles. The molecule has 0 aromatic heterocycles. The molecule has 2 heterocycles. The summed E-state index contributed by atoms with van der Waals surface area (Å²) < 4.78 is 4.64. The van der Waals surface area contributed by atoms with Crippen LogP contribution >= 0.6 is 0 Å². The van der Waals surface area contributed by atoms with Crippen molar-refractivity contribution in [2.75, 3.05) is 26.9 Å². The molecule has 2 aliphatic heterocycles. The van der Waals surface area contributed by atoms with Gasteiger partial charge in [0.1, 0.15) is 6.04 Å². The first-order valence-corrected chi connectivity index (χ1v) is 6.58. The third kappa shape index (κ3) is 2.61. The van der Waals surface area contributed by atoms with E-state index in [1.54, 1.807) is 6.92 Å². The molecular weight excluding hydrogens is 282 g/mol. The van der Waals surface area contributed by atoms with Crippen LogP contribution in [0.5, 0.6) is 0 Å². The van der Waals surface area contributed by atoms with Crippen LogP contribution in [0.25, 0.3) is 0 Å². The Kier molecular flexibility index (Phi) is 4.24. The fraction of sp³-hybridized carbons (Fsp3) is 0.667. The molecule has 2 aliphatic rings. The number of ether oxygens (including phenoxy) is 1. The summed E-state index contributed by atoms with van der Waals surface area (Å²) in [6.45, 7) is 1.58. The number of aliphatic hydroxyl groups is 1. The minimum absolute atomic E-state index is 0.100. The number of likely N-dealkylation sites (tertiary alicyclic amines) is 1. The summed E-state index contributed by atoms with van der Waals surface area (Å²) in [7, 11) is 1.22. The minimum Gasteiger partial charge on any atom is -0.468 e. The second-order valence-electron chi connectivity index (χ2n) is 4.91. The van der Waals surface area contributed by atoms with Gasteiger partial charge in [0.15, 0.2) is 0 Å². The van der Waals surface area contributed by atoms with Crippen molar-refractivity contribution in [2.24, 2.45) is 0 Å². The topological polar surface area (TPSA) is 107 Å². The van der Waals surface area contributed by atoms with Crippen molar-refractivity contribution >= 4 is 23.8 Å². The van der Waals surface area contributed by atoms with Gasteiger partial charge in [0.2, 0.25) is 0 Å². The maximum atomic E-state index is 12.0. The zero-order valence-electron chi connectivity index (χ0n) is 11.8. The van der Waals surface area contributed by atoms with E-state index >= 15 is 0 Å². The van der Waals surface area contributed by atoms with Gasteiger partial charge in [-0.3, -0.25) is 24.2 Å². The number of carbonyl (C=O) groups is 4. The number of urea groups is 1. The van der Waals surface area contributed by atoms with Crippen molar-refractivity contribution in [3.8, 4) is 0 Å². The first-order valence-electron chi connectivity index (χ1n) is 6.58. The van der Waals surface area contributed by atoms with E-state index in [1.165, 1.54) is 12.0 Å². The lowest BCUT2D eigenvalue weighted by Gasteiger charge is -2.25. The molecule has 9 heteroatoms. The largest absolute Gasteiger partial charge is 0.468 e. The molecule has 9 nitrogen and oxygen atoms in total. The normalized spacial score (nSPS) is 26.9. The summed E-state index contributed by atoms with van der Waals surface area (Å²) in [6, 6.07) is -1.45. The SMILES string of the molecule is CCN1C(=O)C(=O)N(CN2C[C@@H](O)C[C@H]2C(=O)OC)C1=O. The molecule has 2 fully saturated rings. The lowest BCUT2D eigenvalue weighted by molar-refractivity contribution is -0.148. The standard InChI is InChI=1S/C12H17N3O6/c1-3-14-9(17)10(18)15(12(14)20)6-13-5-7(16)4-8(13)11(19)21-2/h7-8,16H,3-6H2,1-2H3/t7-,8-/m0/s1. The predicted octanol–water partition coefficient (Wildman–Crippen LogP) is -1.64. The Morgan fingerprint density at radius 3 is 2.43 bits per heavy atom. The molecule has 0 spiro atoms. The molecule has 116 valence electrons. The molecule has 0 bridgehead atoms. The van der Waals surface area contributed by atoms with Crippen LogP contribution in [0.4, 0.5) is 4.79 Å². The Morgan fingerprint density at radius 1 is 1.29 bits per heavy atom. The van der Waals surface area contributed by atoms with Crippen LogP contribution in [-0.2, 0) is 19.1 Å². The second-order valence-corrected chi connectivity index (χ2v) is 4.91. The number of likely N-dealkylation sites (N-methyl/N-ethyl adjacent to an activating group) is 1. The average Bonchev–Trinajstić information content (AvgIpc) is 2.92. The second kappa shape index (κ2) is 5.78. The molecule has 1 N–H and O–H groups in total. The Balaban J connectivity index is 2.13. The van der Waals surface area contributed by atoms with E-state index in [0.29, 0.717) is 0 Å². The Hall–Kier alpha value is -2.00. The third-order valence-electron chi connectivity index (χ3n) is 3.63. The van der Waals surface area contributed by atoms with E-state index in [-0.39, 0.29) is 26.2 Å². The van der Waals surface area contributed by atoms with E-state index in [9.17, 15) is 24.3 Å². The van der Waals surface area contributed by atoms with Crippen LogP contribution in [-0.4, -0.2) is 82.6 Å². The van der Waals surface area contributed by atoms with Crippen molar-refractivity contribution in [3.05, 3.63) is 0 Å². The molecule has 0 aliphatic carbocycles. The number of β-amino-alcohol motifs (C(OH)–C–C–N with tert-alkyl or cyclic N) is 1. The molecule has 0 aromatic carbocycles. The molecule has 0 aromatic rings. The van der Waals surface area contributed by atoms with Crippen molar-refractivity contribution in [1.82, 2.24) is 14.7 Å². The molecular formula is C12H17N3O6. The zero-order valence-corrected chi connectivity index (χ0v) is 11.8. The number of amides is 4. The van der Waals surface area contributed by atoms with Gasteiger partial charge in [0.05, 0.1) is 19.9 Å². The molecule has 2 rings (SSSR count). The minimum atomic E-state index is -0.924. The van der Waals surface area contributed by atoms with Gasteiger partial charge in [0.25, 0.3) is 0 Å². The van der Waals surface area contributed by atoms with Crippen molar-refractivity contribution in [1.29, 1.82) is 0 Å². The third-order valence-corrected chi connectivity index (χ3v) is 3.63. The van der Waals surface area contributed by atoms with Gasteiger partial charge in [-0.05, 0) is 6.92 Å². The molecule has 0 radical (unpaired) electrons. The van der Waals surface area contributed by atoms with Gasteiger partial charge < -0.3 is 9.84 Å². The lowest BCUT2D eigenvalue weighted by atomic mass is 10.2. The number of hydrogen-bond acceptors (Lipinski definition) is 7. The summed E-state index contributed by atoms with van der Waals surface area (Å²) in [5, 5.41) is 9.66. The van der Waals surface area contributed by atoms with Gasteiger partial charge in [0, 0.05) is 19.5 Å². The quantitative estimate of drug-likeness (QED) is 0.377. The van der Waals surface area contributed by atoms with Crippen LogP contribution in [0.15, 0.2) is 0 Å². The Morgan fingerprint density at radius 2 is 1.90 bits per heavy atom. The zero-order chi connectivity index (χ0) is 15.7. The number of rotatable bonds is 4. The fourth-order valence-corrected chi connectivity index (χ4v) is 2.55. The van der Waals surface area contributed by atoms with Crippen molar-refractivity contribution in [2.45, 2.75) is 25.5 Å². The van der Waals surface area contributed by atoms with Gasteiger partial charge >= 0.3 is 23.8 Å². The summed E-state index contributed by atoms with van der Waals surface area (Å²) in [5.74, 6) is -2.35. The highest BCUT2D eigenvalue weighted by Gasteiger charge is 2.46. The number of hydrogen-bond donors (Lipinski definition) is 1. The fourth-order valence-electron chi connectivity index (χ4n) is 2.55. The van der Waals surface area contributed by atoms with E-state index in [1.807, 2.05) is 0 Å². The van der Waals surface area contributed by atoms with Gasteiger partial charge in [-0.25, -0.2) is 9.69 Å². The van der Waals surface area contributed by atoms with Crippen LogP contribution in [0, 0.1) is 0 Å². The summed E-state index contributed by atoms with van der Waals surface area (Å²) >= 11 is 0. The van der Waals surface area contributed by atoms with Crippen molar-refractivity contribution < 1.29 is 29.0 Å². The van der Waals surface area contributed by atoms with Gasteiger partial charge in [-0.2, -0.15) is 0 Å². The number of carbonyl (C=O) groups excluding carboxylic acids is 4. The summed E-state index contributed by atoms with van der Waals surface area (Å²) in [4.78, 5) is 50.1. The average molecular weight is 299 g/mol. The summed E-state index contributed by atoms with van der Waals surface area (Å²) in [5.41, 5.74) is 0. The molecule has 0 saturated carbocycles. The highest BCUT2D eigenvalue weighted by Crippen LogP contribution is 2.21. The van der Waals surface area contributed by atoms with Crippen LogP contribution < -0.4 is 0 Å². The molecule has 0 unspecified atom stereocenters. The van der Waals surface area contributed by atoms with E-state index < -0.39 is 36.0 Å². The van der Waals surface area contributed by atoms with E-state index in [2.05, 4.69) is 4.74 Å². The number of imide groups is 2. The first-order chi connectivity index (χ1) is 9.90. The number of nitrogens with zero attached hydrogens (tertiary/aromatic N) is 3. The smallest absolute Gasteiger partial charge is 0.335 e. The van der Waals surface area contributed by atoms with E-state index in [4.69, 9.17) is 0 Å². The van der Waals surface area contributed by atoms with Crippen LogP contribution in [0.1, 0.15) is 13.3 Å². The van der Waals surface area contributed by atoms with E-state index in [0.717, 1.165) is 9.80 Å². The number of aliphatic hydroxyl groups excluding tert-OH is 1. The Labute approximate surface area is 121 Å². The monoisotopic (exact) mass is 299 g/mol. The number of esters is 1. The van der Waals surface area contributed by atoms with Gasteiger partial charge in [-0.1, -0.05) is 0 Å². The maximum Gasteiger partial charge on any atom is 0.335 e. The Bertz CT molecular complexity index is 493. The summed E-state index contributed by atoms with van der Waals surface area (Å²) in [6.07, 6.45) is -0.589. The maximum absolute atomic E-state index is 12.0. The van der Waals surface area contributed by atoms with Crippen molar-refractivity contribution in [3.63, 3.8) is 0 Å². The highest BCUT2D eigenvalue weighted by molar-refractivity contribution is 6.44. The van der Waals surface area contributed by atoms with Crippen LogP contribution in [0.3, 0.4) is 0 Å². The molecule has 21 heavy (non-hydrogen) atoms. The van der Waals surface area contributed by atoms with Crippen LogP contribution in [0.2, 0.25) is 0 Å². The first kappa shape index (κ1) is 15.4. The lowest BCUT2D eigenvalue weighted by Crippen LogP contribution is -2.47. The number of methoxy groups -OCH3 is 1. The molecule has 2 atom stereocenters. The van der Waals surface area contributed by atoms with Gasteiger partial charge in [-0.15, -0.1) is 0 Å². The predicted molar refractivity (Wildman–Crippen MR) is 67.6 cm³/mol. The molecule has 4 amide bonds. The highest BCUT2D eigenvalue weighted by atomic mass is 16.5.